The fourth-order valence-electron chi connectivity index (χ4n) is 8.39. The molecule has 2 aliphatic heterocycles. The summed E-state index contributed by atoms with van der Waals surface area (Å²) >= 11 is 0. The van der Waals surface area contributed by atoms with E-state index in [1.807, 2.05) is 13.8 Å². The lowest BCUT2D eigenvalue weighted by molar-refractivity contribution is -0.181. The number of benzene rings is 1. The number of hydrogen-bond acceptors (Lipinski definition) is 11. The number of aliphatic hydroxyl groups is 1. The quantitative estimate of drug-likeness (QED) is 0.0674. The molecule has 0 saturated carbocycles. The van der Waals surface area contributed by atoms with Crippen LogP contribution >= 0.6 is 0 Å². The summed E-state index contributed by atoms with van der Waals surface area (Å²) in [5.41, 5.74) is 1.38. The van der Waals surface area contributed by atoms with Crippen LogP contribution in [0.2, 0.25) is 0 Å². The van der Waals surface area contributed by atoms with Gasteiger partial charge in [-0.25, -0.2) is 9.78 Å². The Balaban J connectivity index is 1.13. The SMILES string of the molecule is CCc1c2c(nc3ccc(O)c(C)c13)-c1cc3c(c(=O)n1C2)COC(=O)[C@@]3(CC)OCC(=O)CCCCCNC(=O)CNC(=O)C(C)(C)CC(C)(C)C(=O)NCC(C)O. The van der Waals surface area contributed by atoms with Crippen molar-refractivity contribution in [2.24, 2.45) is 10.8 Å². The van der Waals surface area contributed by atoms with Crippen LogP contribution < -0.4 is 21.5 Å². The van der Waals surface area contributed by atoms with Crippen molar-refractivity contribution < 1.29 is 43.7 Å². The number of ketones is 1. The molecule has 0 bridgehead atoms. The van der Waals surface area contributed by atoms with Crippen molar-refractivity contribution in [3.63, 3.8) is 0 Å². The number of Topliss-reactive ketones (excluding diaryl/α,β-unsaturated/α-hetero) is 1. The van der Waals surface area contributed by atoms with Crippen molar-refractivity contribution in [3.05, 3.63) is 56.4 Å². The van der Waals surface area contributed by atoms with Crippen molar-refractivity contribution in [1.29, 1.82) is 0 Å². The zero-order valence-corrected chi connectivity index (χ0v) is 35.6. The molecule has 0 spiro atoms. The van der Waals surface area contributed by atoms with Crippen LogP contribution in [0.4, 0.5) is 0 Å². The first-order valence-electron chi connectivity index (χ1n) is 20.5. The van der Waals surface area contributed by atoms with Crippen molar-refractivity contribution in [3.8, 4) is 17.1 Å². The van der Waals surface area contributed by atoms with Gasteiger partial charge >= 0.3 is 5.97 Å². The lowest BCUT2D eigenvalue weighted by Gasteiger charge is -2.36. The zero-order chi connectivity index (χ0) is 43.4. The van der Waals surface area contributed by atoms with E-state index >= 15 is 0 Å². The predicted octanol–water partition coefficient (Wildman–Crippen LogP) is 3.98. The molecule has 5 N–H and O–H groups in total. The van der Waals surface area contributed by atoms with Gasteiger partial charge in [-0.1, -0.05) is 48.0 Å². The van der Waals surface area contributed by atoms with Crippen molar-refractivity contribution in [2.75, 3.05) is 26.2 Å². The number of cyclic esters (lactones) is 1. The summed E-state index contributed by atoms with van der Waals surface area (Å²) in [6.07, 6.45) is 2.24. The van der Waals surface area contributed by atoms with Crippen LogP contribution in [0.1, 0.15) is 115 Å². The Morgan fingerprint density at radius 1 is 1.00 bits per heavy atom. The molecule has 59 heavy (non-hydrogen) atoms. The topological polar surface area (TPSA) is 215 Å². The minimum absolute atomic E-state index is 0.112. The van der Waals surface area contributed by atoms with E-state index in [9.17, 15) is 39.0 Å². The van der Waals surface area contributed by atoms with Crippen molar-refractivity contribution in [2.45, 2.75) is 125 Å². The Labute approximate surface area is 344 Å². The number of nitrogens with zero attached hydrogens (tertiary/aromatic N) is 2. The molecule has 0 fully saturated rings. The molecule has 3 amide bonds. The first kappa shape index (κ1) is 44.9. The summed E-state index contributed by atoms with van der Waals surface area (Å²) in [5, 5.41) is 28.9. The second-order valence-electron chi connectivity index (χ2n) is 17.1. The Hall–Kier alpha value is -5.15. The standard InChI is InChI=1S/C44H59N5O10/c1-9-28-29-21-49-33(37(29)48-32-15-16-34(52)26(4)36(28)32)18-31-30(38(49)54)23-58-41(57)44(31,10-2)59-22-27(51)14-12-11-13-17-45-35(53)20-47-40(56)43(7,8)24-42(5,6)39(55)46-19-25(3)50/h15-16,18,25,50,52H,9-14,17,19-24H2,1-8H3,(H,45,53)(H,46,55)(H,47,56)/t25?,44-/m0/s1. The highest BCUT2D eigenvalue weighted by Crippen LogP contribution is 2.43. The van der Waals surface area contributed by atoms with Gasteiger partial charge in [0.25, 0.3) is 5.56 Å². The van der Waals surface area contributed by atoms with E-state index in [2.05, 4.69) is 16.0 Å². The Kier molecular flexibility index (Phi) is 13.7. The van der Waals surface area contributed by atoms with E-state index in [0.717, 1.165) is 22.1 Å². The molecular formula is C44H59N5O10. The fraction of sp³-hybridized carbons (Fsp3) is 0.568. The smallest absolute Gasteiger partial charge is 0.343 e. The number of amides is 3. The summed E-state index contributed by atoms with van der Waals surface area (Å²) in [5.74, 6) is -1.72. The molecule has 2 aromatic heterocycles. The van der Waals surface area contributed by atoms with Gasteiger partial charge in [0.05, 0.1) is 41.7 Å². The highest BCUT2D eigenvalue weighted by molar-refractivity contribution is 5.93. The Bertz CT molecular complexity index is 2210. The van der Waals surface area contributed by atoms with Crippen molar-refractivity contribution in [1.82, 2.24) is 25.5 Å². The van der Waals surface area contributed by atoms with E-state index < -0.39 is 28.5 Å². The van der Waals surface area contributed by atoms with E-state index in [0.29, 0.717) is 60.3 Å². The number of phenols is 1. The molecule has 1 aromatic carbocycles. The molecule has 2 aliphatic rings. The fourth-order valence-corrected chi connectivity index (χ4v) is 8.39. The maximum atomic E-state index is 14.0. The second kappa shape index (κ2) is 18.0. The zero-order valence-electron chi connectivity index (χ0n) is 35.6. The summed E-state index contributed by atoms with van der Waals surface area (Å²) in [6.45, 7) is 14.0. The van der Waals surface area contributed by atoms with E-state index in [1.165, 1.54) is 0 Å². The Morgan fingerprint density at radius 3 is 2.36 bits per heavy atom. The first-order chi connectivity index (χ1) is 27.8. The third kappa shape index (κ3) is 9.36. The molecule has 320 valence electrons. The highest BCUT2D eigenvalue weighted by atomic mass is 16.6. The summed E-state index contributed by atoms with van der Waals surface area (Å²) in [4.78, 5) is 83.5. The van der Waals surface area contributed by atoms with Crippen molar-refractivity contribution >= 4 is 40.4 Å². The minimum atomic E-state index is -1.66. The van der Waals surface area contributed by atoms with Gasteiger partial charge in [0.15, 0.2) is 11.4 Å². The highest BCUT2D eigenvalue weighted by Gasteiger charge is 2.48. The van der Waals surface area contributed by atoms with E-state index in [1.54, 1.807) is 64.3 Å². The molecule has 3 aromatic rings. The molecule has 15 nitrogen and oxygen atoms in total. The third-order valence-corrected chi connectivity index (χ3v) is 11.5. The molecular weight excluding hydrogens is 759 g/mol. The number of unbranched alkanes of at least 4 members (excludes halogenated alkanes) is 2. The summed E-state index contributed by atoms with van der Waals surface area (Å²) in [7, 11) is 0. The maximum absolute atomic E-state index is 14.0. The van der Waals surface area contributed by atoms with Gasteiger partial charge in [-0.15, -0.1) is 0 Å². The van der Waals surface area contributed by atoms with Gasteiger partial charge in [-0.2, -0.15) is 0 Å². The van der Waals surface area contributed by atoms with Crippen LogP contribution in [0.25, 0.3) is 22.3 Å². The molecule has 1 unspecified atom stereocenters. The molecule has 4 heterocycles. The summed E-state index contributed by atoms with van der Waals surface area (Å²) < 4.78 is 13.3. The molecule has 15 heteroatoms. The molecule has 2 atom stereocenters. The normalized spacial score (nSPS) is 16.5. The molecule has 0 saturated heterocycles. The second-order valence-corrected chi connectivity index (χ2v) is 17.1. The number of aromatic nitrogens is 2. The van der Waals surface area contributed by atoms with Gasteiger partial charge in [0, 0.05) is 52.4 Å². The van der Waals surface area contributed by atoms with Crippen LogP contribution in [0.15, 0.2) is 23.0 Å². The van der Waals surface area contributed by atoms with Gasteiger partial charge < -0.3 is 40.2 Å². The third-order valence-electron chi connectivity index (χ3n) is 11.5. The summed E-state index contributed by atoms with van der Waals surface area (Å²) in [6, 6.07) is 5.15. The van der Waals surface area contributed by atoms with Crippen LogP contribution in [0.3, 0.4) is 0 Å². The maximum Gasteiger partial charge on any atom is 0.343 e. The van der Waals surface area contributed by atoms with Gasteiger partial charge in [-0.3, -0.25) is 24.0 Å². The van der Waals surface area contributed by atoms with Crippen LogP contribution in [-0.4, -0.2) is 81.6 Å². The van der Waals surface area contributed by atoms with Gasteiger partial charge in [0.2, 0.25) is 17.7 Å². The minimum Gasteiger partial charge on any atom is -0.508 e. The number of carbonyl (C=O) groups is 5. The first-order valence-corrected chi connectivity index (χ1v) is 20.5. The number of hydrogen-bond donors (Lipinski definition) is 5. The van der Waals surface area contributed by atoms with E-state index in [4.69, 9.17) is 14.5 Å². The largest absolute Gasteiger partial charge is 0.508 e. The van der Waals surface area contributed by atoms with Crippen LogP contribution in [0.5, 0.6) is 5.75 Å². The number of aryl methyl sites for hydroxylation is 2. The molecule has 0 radical (unpaired) electrons. The van der Waals surface area contributed by atoms with E-state index in [-0.39, 0.29) is 86.9 Å². The predicted molar refractivity (Wildman–Crippen MR) is 220 cm³/mol. The number of carbonyl (C=O) groups excluding carboxylic acids is 5. The molecule has 0 aliphatic carbocycles. The lowest BCUT2D eigenvalue weighted by Crippen LogP contribution is -2.47. The number of esters is 1. The van der Waals surface area contributed by atoms with Gasteiger partial charge in [0.1, 0.15) is 19.0 Å². The number of phenolic OH excluding ortho intramolecular Hbond substituents is 1. The number of fused-ring (bicyclic) bond motifs is 5. The number of ether oxygens (including phenoxy) is 2. The number of pyridine rings is 2. The number of rotatable bonds is 19. The van der Waals surface area contributed by atoms with Gasteiger partial charge in [-0.05, 0) is 69.7 Å². The average molecular weight is 818 g/mol. The number of aliphatic hydroxyl groups excluding tert-OH is 1. The monoisotopic (exact) mass is 817 g/mol. The number of aromatic hydroxyl groups is 1. The molecule has 5 rings (SSSR count). The van der Waals surface area contributed by atoms with Crippen LogP contribution in [0, 0.1) is 17.8 Å². The van der Waals surface area contributed by atoms with Crippen LogP contribution in [-0.2, 0) is 58.6 Å². The lowest BCUT2D eigenvalue weighted by atomic mass is 9.74. The average Bonchev–Trinajstić information content (AvgIpc) is 3.55. The Morgan fingerprint density at radius 2 is 1.69 bits per heavy atom. The number of nitrogens with one attached hydrogen (secondary N) is 3.